The van der Waals surface area contributed by atoms with Crippen molar-refractivity contribution in [1.29, 1.82) is 0 Å². The Morgan fingerprint density at radius 3 is 2.39 bits per heavy atom. The summed E-state index contributed by atoms with van der Waals surface area (Å²) in [6.45, 7) is 7.74. The number of carbonyl (C=O) groups excluding carboxylic acids is 1. The summed E-state index contributed by atoms with van der Waals surface area (Å²) in [4.78, 5) is 24.2. The number of carboxylic acid groups (broad SMARTS) is 1. The lowest BCUT2D eigenvalue weighted by molar-refractivity contribution is -0.138. The van der Waals surface area contributed by atoms with Gasteiger partial charge in [0.2, 0.25) is 0 Å². The number of carboxylic acids is 1. The Hall–Kier alpha value is -3.59. The van der Waals surface area contributed by atoms with E-state index in [4.69, 9.17) is 9.84 Å². The number of hydrogen-bond acceptors (Lipinski definition) is 4. The van der Waals surface area contributed by atoms with E-state index in [9.17, 15) is 22.8 Å². The van der Waals surface area contributed by atoms with Crippen LogP contribution >= 0.6 is 11.3 Å². The largest absolute Gasteiger partial charge is 0.485 e. The molecule has 36 heavy (non-hydrogen) atoms. The second-order valence-electron chi connectivity index (χ2n) is 8.42. The minimum absolute atomic E-state index is 0.0393. The molecular weight excluding hydrogens is 491 g/mol. The van der Waals surface area contributed by atoms with Crippen molar-refractivity contribution in [2.24, 2.45) is 0 Å². The number of hydrogen-bond donors (Lipinski definition) is 2. The number of carbonyl (C=O) groups is 2. The summed E-state index contributed by atoms with van der Waals surface area (Å²) >= 11 is 1.26. The topological polar surface area (TPSA) is 75.6 Å². The lowest BCUT2D eigenvalue weighted by Crippen LogP contribution is -2.25. The molecule has 2 aromatic carbocycles. The molecule has 3 aromatic rings. The third-order valence-corrected chi connectivity index (χ3v) is 6.50. The van der Waals surface area contributed by atoms with Gasteiger partial charge in [-0.15, -0.1) is 11.3 Å². The van der Waals surface area contributed by atoms with Gasteiger partial charge >= 0.3 is 12.1 Å². The van der Waals surface area contributed by atoms with Crippen LogP contribution in [0.4, 0.5) is 13.2 Å². The first kappa shape index (κ1) is 27.0. The summed E-state index contributed by atoms with van der Waals surface area (Å²) in [5.41, 5.74) is 2.49. The third-order valence-electron chi connectivity index (χ3n) is 5.33. The zero-order chi connectivity index (χ0) is 26.5. The molecule has 1 aromatic heterocycles. The first-order valence-electron chi connectivity index (χ1n) is 11.1. The Bertz CT molecular complexity index is 1250. The second kappa shape index (κ2) is 11.4. The zero-order valence-corrected chi connectivity index (χ0v) is 20.6. The zero-order valence-electron chi connectivity index (χ0n) is 19.8. The van der Waals surface area contributed by atoms with Gasteiger partial charge in [-0.3, -0.25) is 9.59 Å². The van der Waals surface area contributed by atoms with Gasteiger partial charge in [-0.1, -0.05) is 30.4 Å². The van der Waals surface area contributed by atoms with Gasteiger partial charge in [0, 0.05) is 17.8 Å². The molecule has 0 aliphatic rings. The molecule has 0 aliphatic heterocycles. The van der Waals surface area contributed by atoms with Crippen LogP contribution in [-0.4, -0.2) is 23.5 Å². The summed E-state index contributed by atoms with van der Waals surface area (Å²) in [5, 5.41) is 11.3. The number of alkyl halides is 3. The molecule has 0 bridgehead atoms. The molecule has 0 fully saturated rings. The lowest BCUT2D eigenvalue weighted by Gasteiger charge is -2.19. The van der Waals surface area contributed by atoms with E-state index in [0.29, 0.717) is 22.6 Å². The molecular formula is C27H26F3NO4S. The lowest BCUT2D eigenvalue weighted by atomic mass is 9.99. The molecule has 0 aliphatic carbocycles. The van der Waals surface area contributed by atoms with Gasteiger partial charge in [0.15, 0.2) is 0 Å². The number of rotatable bonds is 10. The highest BCUT2D eigenvalue weighted by Crippen LogP contribution is 2.35. The average Bonchev–Trinajstić information content (AvgIpc) is 3.28. The molecule has 0 saturated heterocycles. The van der Waals surface area contributed by atoms with Gasteiger partial charge < -0.3 is 15.2 Å². The number of thiophene rings is 1. The number of halogens is 3. The first-order valence-corrected chi connectivity index (χ1v) is 11.9. The summed E-state index contributed by atoms with van der Waals surface area (Å²) in [6.07, 6.45) is -4.43. The quantitative estimate of drug-likeness (QED) is 0.283. The summed E-state index contributed by atoms with van der Waals surface area (Å²) in [7, 11) is 0. The Kier molecular flexibility index (Phi) is 8.57. The van der Waals surface area contributed by atoms with E-state index in [-0.39, 0.29) is 18.9 Å². The number of amides is 1. The van der Waals surface area contributed by atoms with Gasteiger partial charge in [0.05, 0.1) is 16.9 Å². The van der Waals surface area contributed by atoms with Gasteiger partial charge in [-0.05, 0) is 66.9 Å². The number of benzene rings is 2. The maximum Gasteiger partial charge on any atom is 0.416 e. The van der Waals surface area contributed by atoms with Crippen molar-refractivity contribution in [2.45, 2.75) is 39.0 Å². The van der Waals surface area contributed by atoms with E-state index in [1.807, 2.05) is 19.9 Å². The Balaban J connectivity index is 1.76. The SMILES string of the molecule is C=C(C)CC(Oc1ccc(-c2ccc(C(F)(F)F)cc2)c(C)c1)c1ccc(C(=O)NCCC(=O)O)s1. The van der Waals surface area contributed by atoms with Crippen LogP contribution in [0.1, 0.15) is 51.5 Å². The van der Waals surface area contributed by atoms with Crippen LogP contribution < -0.4 is 10.1 Å². The van der Waals surface area contributed by atoms with E-state index in [1.165, 1.54) is 23.5 Å². The normalized spacial score (nSPS) is 12.1. The Morgan fingerprint density at radius 2 is 1.81 bits per heavy atom. The predicted octanol–water partition coefficient (Wildman–Crippen LogP) is 7.03. The van der Waals surface area contributed by atoms with Crippen LogP contribution in [0, 0.1) is 6.92 Å². The van der Waals surface area contributed by atoms with Crippen molar-refractivity contribution in [3.63, 3.8) is 0 Å². The molecule has 3 rings (SSSR count). The Morgan fingerprint density at radius 1 is 1.11 bits per heavy atom. The van der Waals surface area contributed by atoms with E-state index in [1.54, 1.807) is 24.3 Å². The van der Waals surface area contributed by atoms with Crippen molar-refractivity contribution in [2.75, 3.05) is 6.54 Å². The van der Waals surface area contributed by atoms with E-state index < -0.39 is 23.8 Å². The highest BCUT2D eigenvalue weighted by atomic mass is 32.1. The molecule has 1 amide bonds. The molecule has 9 heteroatoms. The van der Waals surface area contributed by atoms with Crippen molar-refractivity contribution in [3.05, 3.63) is 87.6 Å². The fourth-order valence-electron chi connectivity index (χ4n) is 3.57. The van der Waals surface area contributed by atoms with E-state index in [0.717, 1.165) is 33.7 Å². The maximum atomic E-state index is 12.9. The van der Waals surface area contributed by atoms with Crippen molar-refractivity contribution >= 4 is 23.2 Å². The smallest absolute Gasteiger partial charge is 0.416 e. The number of nitrogens with one attached hydrogen (secondary N) is 1. The number of ether oxygens (including phenoxy) is 1. The highest BCUT2D eigenvalue weighted by Gasteiger charge is 2.30. The van der Waals surface area contributed by atoms with Crippen molar-refractivity contribution in [1.82, 2.24) is 5.32 Å². The van der Waals surface area contributed by atoms with Crippen LogP contribution in [0.5, 0.6) is 5.75 Å². The van der Waals surface area contributed by atoms with E-state index in [2.05, 4.69) is 11.9 Å². The number of aliphatic carboxylic acids is 1. The minimum atomic E-state index is -4.38. The van der Waals surface area contributed by atoms with Crippen LogP contribution in [0.25, 0.3) is 11.1 Å². The molecule has 1 atom stereocenters. The molecule has 5 nitrogen and oxygen atoms in total. The van der Waals surface area contributed by atoms with Crippen molar-refractivity contribution in [3.8, 4) is 16.9 Å². The van der Waals surface area contributed by atoms with Gasteiger partial charge in [0.1, 0.15) is 11.9 Å². The van der Waals surface area contributed by atoms with E-state index >= 15 is 0 Å². The van der Waals surface area contributed by atoms with Crippen LogP contribution in [0.2, 0.25) is 0 Å². The third kappa shape index (κ3) is 7.21. The summed E-state index contributed by atoms with van der Waals surface area (Å²) < 4.78 is 44.9. The average molecular weight is 518 g/mol. The van der Waals surface area contributed by atoms with Gasteiger partial charge in [-0.2, -0.15) is 13.2 Å². The monoisotopic (exact) mass is 517 g/mol. The molecule has 0 spiro atoms. The standard InChI is InChI=1S/C27H26F3NO4S/c1-16(2)14-22(23-10-11-24(36-23)26(34)31-13-12-25(32)33)35-20-8-9-21(17(3)15-20)18-4-6-19(7-5-18)27(28,29)30/h4-11,15,22H,1,12-14H2,2-3H3,(H,31,34)(H,32,33). The predicted molar refractivity (Wildman–Crippen MR) is 133 cm³/mol. The minimum Gasteiger partial charge on any atom is -0.485 e. The van der Waals surface area contributed by atoms with Gasteiger partial charge in [0.25, 0.3) is 5.91 Å². The molecule has 0 radical (unpaired) electrons. The fourth-order valence-corrected chi connectivity index (χ4v) is 4.53. The van der Waals surface area contributed by atoms with Crippen LogP contribution in [0.15, 0.2) is 66.7 Å². The molecule has 1 heterocycles. The Labute approximate surface area is 211 Å². The van der Waals surface area contributed by atoms with Crippen molar-refractivity contribution < 1.29 is 32.6 Å². The maximum absolute atomic E-state index is 12.9. The number of aryl methyl sites for hydroxylation is 1. The second-order valence-corrected chi connectivity index (χ2v) is 9.54. The summed E-state index contributed by atoms with van der Waals surface area (Å²) in [5.74, 6) is -0.759. The van der Waals surface area contributed by atoms with Crippen LogP contribution in [0.3, 0.4) is 0 Å². The van der Waals surface area contributed by atoms with Crippen LogP contribution in [-0.2, 0) is 11.0 Å². The molecule has 0 saturated carbocycles. The first-order chi connectivity index (χ1) is 16.9. The molecule has 2 N–H and O–H groups in total. The summed E-state index contributed by atoms with van der Waals surface area (Å²) in [6, 6.07) is 13.9. The fraction of sp³-hybridized carbons (Fsp3) is 0.259. The highest BCUT2D eigenvalue weighted by molar-refractivity contribution is 7.14. The van der Waals surface area contributed by atoms with Gasteiger partial charge in [-0.25, -0.2) is 0 Å². The molecule has 190 valence electrons. The molecule has 1 unspecified atom stereocenters.